The van der Waals surface area contributed by atoms with Gasteiger partial charge in [0.1, 0.15) is 0 Å². The predicted molar refractivity (Wildman–Crippen MR) is 50.2 cm³/mol. The lowest BCUT2D eigenvalue weighted by molar-refractivity contribution is 0.564. The topological polar surface area (TPSA) is 38.1 Å². The van der Waals surface area contributed by atoms with Crippen LogP contribution in [0.4, 0.5) is 10.2 Å². The van der Waals surface area contributed by atoms with E-state index in [1.165, 1.54) is 6.07 Å². The molecule has 0 atom stereocenters. The Kier molecular flexibility index (Phi) is 2.44. The Bertz CT molecular complexity index is 400. The minimum Gasteiger partial charge on any atom is -0.472 e. The van der Waals surface area contributed by atoms with E-state index in [2.05, 4.69) is 10.3 Å². The largest absolute Gasteiger partial charge is 0.472 e. The Labute approximate surface area is 80.6 Å². The second-order valence-corrected chi connectivity index (χ2v) is 2.82. The average Bonchev–Trinajstić information content (AvgIpc) is 2.69. The Hall–Kier alpha value is -1.84. The SMILES string of the molecule is Fc1cccnc1NCc1ccoc1. The third-order valence-electron chi connectivity index (χ3n) is 1.80. The molecule has 72 valence electrons. The van der Waals surface area contributed by atoms with Gasteiger partial charge in [-0.25, -0.2) is 9.37 Å². The van der Waals surface area contributed by atoms with Crippen molar-refractivity contribution in [3.05, 3.63) is 48.3 Å². The number of rotatable bonds is 3. The Morgan fingerprint density at radius 1 is 1.43 bits per heavy atom. The van der Waals surface area contributed by atoms with Gasteiger partial charge in [0.2, 0.25) is 0 Å². The fraction of sp³-hybridized carbons (Fsp3) is 0.100. The van der Waals surface area contributed by atoms with Gasteiger partial charge in [-0.2, -0.15) is 0 Å². The average molecular weight is 192 g/mol. The minimum absolute atomic E-state index is 0.258. The molecule has 0 saturated carbocycles. The summed E-state index contributed by atoms with van der Waals surface area (Å²) in [4.78, 5) is 3.86. The van der Waals surface area contributed by atoms with Gasteiger partial charge in [0.15, 0.2) is 11.6 Å². The van der Waals surface area contributed by atoms with Crippen molar-refractivity contribution in [3.8, 4) is 0 Å². The van der Waals surface area contributed by atoms with E-state index in [0.29, 0.717) is 6.54 Å². The number of nitrogens with one attached hydrogen (secondary N) is 1. The maximum absolute atomic E-state index is 13.1. The molecule has 0 aliphatic heterocycles. The van der Waals surface area contributed by atoms with Crippen LogP contribution in [-0.4, -0.2) is 4.98 Å². The van der Waals surface area contributed by atoms with Crippen LogP contribution in [-0.2, 0) is 6.54 Å². The molecule has 1 N–H and O–H groups in total. The lowest BCUT2D eigenvalue weighted by Gasteiger charge is -2.03. The number of nitrogens with zero attached hydrogens (tertiary/aromatic N) is 1. The fourth-order valence-corrected chi connectivity index (χ4v) is 1.09. The lowest BCUT2D eigenvalue weighted by atomic mass is 10.3. The molecule has 0 spiro atoms. The number of halogens is 1. The zero-order chi connectivity index (χ0) is 9.80. The van der Waals surface area contributed by atoms with Crippen LogP contribution in [0.3, 0.4) is 0 Å². The molecule has 0 radical (unpaired) electrons. The first kappa shape index (κ1) is 8.74. The zero-order valence-electron chi connectivity index (χ0n) is 7.40. The van der Waals surface area contributed by atoms with Crippen LogP contribution in [0.1, 0.15) is 5.56 Å². The zero-order valence-corrected chi connectivity index (χ0v) is 7.40. The molecule has 0 saturated heterocycles. The minimum atomic E-state index is -0.351. The van der Waals surface area contributed by atoms with Crippen molar-refractivity contribution in [2.75, 3.05) is 5.32 Å². The van der Waals surface area contributed by atoms with E-state index in [1.54, 1.807) is 24.8 Å². The van der Waals surface area contributed by atoms with Crippen molar-refractivity contribution in [1.82, 2.24) is 4.98 Å². The predicted octanol–water partition coefficient (Wildman–Crippen LogP) is 2.43. The molecule has 14 heavy (non-hydrogen) atoms. The van der Waals surface area contributed by atoms with E-state index in [9.17, 15) is 4.39 Å². The van der Waals surface area contributed by atoms with Gasteiger partial charge in [-0.05, 0) is 18.2 Å². The maximum atomic E-state index is 13.1. The maximum Gasteiger partial charge on any atom is 0.165 e. The molecule has 4 heteroatoms. The first-order chi connectivity index (χ1) is 6.86. The molecule has 0 bridgehead atoms. The van der Waals surface area contributed by atoms with Crippen LogP contribution >= 0.6 is 0 Å². The van der Waals surface area contributed by atoms with Gasteiger partial charge in [0.05, 0.1) is 12.5 Å². The molecule has 0 amide bonds. The third-order valence-corrected chi connectivity index (χ3v) is 1.80. The van der Waals surface area contributed by atoms with Gasteiger partial charge >= 0.3 is 0 Å². The number of hydrogen-bond donors (Lipinski definition) is 1. The smallest absolute Gasteiger partial charge is 0.165 e. The molecule has 2 heterocycles. The van der Waals surface area contributed by atoms with Gasteiger partial charge in [-0.15, -0.1) is 0 Å². The molecule has 0 fully saturated rings. The highest BCUT2D eigenvalue weighted by atomic mass is 19.1. The molecular weight excluding hydrogens is 183 g/mol. The highest BCUT2D eigenvalue weighted by molar-refractivity contribution is 5.36. The first-order valence-electron chi connectivity index (χ1n) is 4.22. The molecular formula is C10H9FN2O. The second-order valence-electron chi connectivity index (χ2n) is 2.82. The molecule has 2 aromatic rings. The third kappa shape index (κ3) is 1.90. The highest BCUT2D eigenvalue weighted by Crippen LogP contribution is 2.10. The van der Waals surface area contributed by atoms with E-state index in [1.807, 2.05) is 6.07 Å². The standard InChI is InChI=1S/C10H9FN2O/c11-9-2-1-4-12-10(9)13-6-8-3-5-14-7-8/h1-5,7H,6H2,(H,12,13). The number of anilines is 1. The van der Waals surface area contributed by atoms with Gasteiger partial charge in [0.25, 0.3) is 0 Å². The summed E-state index contributed by atoms with van der Waals surface area (Å²) in [6, 6.07) is 4.73. The summed E-state index contributed by atoms with van der Waals surface area (Å²) in [5.41, 5.74) is 0.954. The van der Waals surface area contributed by atoms with Gasteiger partial charge in [-0.1, -0.05) is 0 Å². The van der Waals surface area contributed by atoms with Crippen LogP contribution < -0.4 is 5.32 Å². The molecule has 0 aliphatic rings. The van der Waals surface area contributed by atoms with E-state index >= 15 is 0 Å². The molecule has 2 rings (SSSR count). The summed E-state index contributed by atoms with van der Waals surface area (Å²) < 4.78 is 17.9. The van der Waals surface area contributed by atoms with Crippen LogP contribution in [0.5, 0.6) is 0 Å². The van der Waals surface area contributed by atoms with Crippen molar-refractivity contribution in [3.63, 3.8) is 0 Å². The Balaban J connectivity index is 2.02. The summed E-state index contributed by atoms with van der Waals surface area (Å²) in [5.74, 6) is -0.0929. The van der Waals surface area contributed by atoms with Crippen molar-refractivity contribution < 1.29 is 8.81 Å². The second kappa shape index (κ2) is 3.91. The quantitative estimate of drug-likeness (QED) is 0.811. The van der Waals surface area contributed by atoms with E-state index in [0.717, 1.165) is 5.56 Å². The highest BCUT2D eigenvalue weighted by Gasteiger charge is 2.01. The summed E-state index contributed by atoms with van der Waals surface area (Å²) >= 11 is 0. The summed E-state index contributed by atoms with van der Waals surface area (Å²) in [5, 5.41) is 2.87. The summed E-state index contributed by atoms with van der Waals surface area (Å²) in [6.45, 7) is 0.504. The van der Waals surface area contributed by atoms with Crippen molar-refractivity contribution in [1.29, 1.82) is 0 Å². The molecule has 2 aromatic heterocycles. The number of aromatic nitrogens is 1. The lowest BCUT2D eigenvalue weighted by Crippen LogP contribution is -2.02. The van der Waals surface area contributed by atoms with E-state index in [-0.39, 0.29) is 11.6 Å². The molecule has 3 nitrogen and oxygen atoms in total. The van der Waals surface area contributed by atoms with Crippen LogP contribution in [0.15, 0.2) is 41.3 Å². The Morgan fingerprint density at radius 3 is 3.07 bits per heavy atom. The van der Waals surface area contributed by atoms with Crippen LogP contribution in [0, 0.1) is 5.82 Å². The summed E-state index contributed by atoms with van der Waals surface area (Å²) in [7, 11) is 0. The normalized spacial score (nSPS) is 10.1. The van der Waals surface area contributed by atoms with Crippen LogP contribution in [0.2, 0.25) is 0 Å². The van der Waals surface area contributed by atoms with E-state index < -0.39 is 0 Å². The van der Waals surface area contributed by atoms with Gasteiger partial charge in [-0.3, -0.25) is 0 Å². The van der Waals surface area contributed by atoms with Gasteiger partial charge in [0, 0.05) is 18.3 Å². The monoisotopic (exact) mass is 192 g/mol. The number of pyridine rings is 1. The molecule has 0 aliphatic carbocycles. The first-order valence-corrected chi connectivity index (χ1v) is 4.22. The van der Waals surface area contributed by atoms with Crippen molar-refractivity contribution >= 4 is 5.82 Å². The van der Waals surface area contributed by atoms with Crippen molar-refractivity contribution in [2.24, 2.45) is 0 Å². The van der Waals surface area contributed by atoms with Crippen LogP contribution in [0.25, 0.3) is 0 Å². The number of furan rings is 1. The Morgan fingerprint density at radius 2 is 2.36 bits per heavy atom. The molecule has 0 aromatic carbocycles. The summed E-state index contributed by atoms with van der Waals surface area (Å²) in [6.07, 6.45) is 4.72. The van der Waals surface area contributed by atoms with E-state index in [4.69, 9.17) is 4.42 Å². The number of hydrogen-bond acceptors (Lipinski definition) is 3. The fourth-order valence-electron chi connectivity index (χ4n) is 1.09. The molecule has 0 unspecified atom stereocenters. The van der Waals surface area contributed by atoms with Crippen molar-refractivity contribution in [2.45, 2.75) is 6.54 Å². The van der Waals surface area contributed by atoms with Gasteiger partial charge < -0.3 is 9.73 Å².